The van der Waals surface area contributed by atoms with Crippen molar-refractivity contribution in [2.24, 2.45) is 0 Å². The van der Waals surface area contributed by atoms with Crippen molar-refractivity contribution in [2.75, 3.05) is 5.73 Å². The zero-order chi connectivity index (χ0) is 12.3. The van der Waals surface area contributed by atoms with E-state index in [2.05, 4.69) is 38.1 Å². The van der Waals surface area contributed by atoms with Gasteiger partial charge >= 0.3 is 0 Å². The van der Waals surface area contributed by atoms with Crippen LogP contribution in [0.15, 0.2) is 47.4 Å². The molecule has 2 aromatic rings. The van der Waals surface area contributed by atoms with Gasteiger partial charge in [0.05, 0.1) is 0 Å². The Morgan fingerprint density at radius 1 is 0.941 bits per heavy atom. The quantitative estimate of drug-likeness (QED) is 0.646. The number of anilines is 1. The Balaban J connectivity index is 2.16. The summed E-state index contributed by atoms with van der Waals surface area (Å²) in [6, 6.07) is 14.5. The van der Waals surface area contributed by atoms with Crippen LogP contribution < -0.4 is 5.73 Å². The van der Waals surface area contributed by atoms with Crippen molar-refractivity contribution in [1.82, 2.24) is 0 Å². The molecule has 2 rings (SSSR count). The van der Waals surface area contributed by atoms with Gasteiger partial charge in [0.2, 0.25) is 0 Å². The highest BCUT2D eigenvalue weighted by atomic mass is 32.2. The second kappa shape index (κ2) is 5.28. The number of thioether (sulfide) groups is 1. The van der Waals surface area contributed by atoms with Crippen LogP contribution >= 0.6 is 11.8 Å². The van der Waals surface area contributed by atoms with Crippen molar-refractivity contribution in [1.29, 1.82) is 0 Å². The van der Waals surface area contributed by atoms with Crippen molar-refractivity contribution in [3.8, 4) is 0 Å². The molecule has 0 radical (unpaired) electrons. The van der Waals surface area contributed by atoms with Gasteiger partial charge in [0.15, 0.2) is 0 Å². The summed E-state index contributed by atoms with van der Waals surface area (Å²) in [4.78, 5) is 1.16. The molecule has 88 valence electrons. The number of para-hydroxylation sites is 1. The number of nitrogen functional groups attached to an aromatic ring is 1. The molecule has 0 bridgehead atoms. The Bertz CT molecular complexity index is 500. The molecule has 0 unspecified atom stereocenters. The van der Waals surface area contributed by atoms with Crippen LogP contribution in [0.5, 0.6) is 0 Å². The van der Waals surface area contributed by atoms with Gasteiger partial charge in [-0.15, -0.1) is 11.8 Å². The summed E-state index contributed by atoms with van der Waals surface area (Å²) in [5.41, 5.74) is 10.9. The number of aryl methyl sites for hydroxylation is 2. The SMILES string of the molecule is Cc1cccc(C)c1CSc1ccccc1N. The lowest BCUT2D eigenvalue weighted by atomic mass is 10.1. The predicted molar refractivity (Wildman–Crippen MR) is 76.3 cm³/mol. The molecular formula is C15H17NS. The summed E-state index contributed by atoms with van der Waals surface area (Å²) >= 11 is 1.80. The summed E-state index contributed by atoms with van der Waals surface area (Å²) in [7, 11) is 0. The molecule has 17 heavy (non-hydrogen) atoms. The third-order valence-electron chi connectivity index (χ3n) is 2.94. The van der Waals surface area contributed by atoms with Gasteiger partial charge in [-0.2, -0.15) is 0 Å². The van der Waals surface area contributed by atoms with E-state index < -0.39 is 0 Å². The lowest BCUT2D eigenvalue weighted by molar-refractivity contribution is 1.24. The largest absolute Gasteiger partial charge is 0.398 e. The smallest absolute Gasteiger partial charge is 0.0452 e. The molecule has 0 aliphatic carbocycles. The van der Waals surface area contributed by atoms with Gasteiger partial charge < -0.3 is 5.73 Å². The van der Waals surface area contributed by atoms with Crippen LogP contribution in [0.25, 0.3) is 0 Å². The topological polar surface area (TPSA) is 26.0 Å². The van der Waals surface area contributed by atoms with Crippen molar-refractivity contribution in [3.63, 3.8) is 0 Å². The molecule has 2 heteroatoms. The van der Waals surface area contributed by atoms with Crippen LogP contribution in [-0.4, -0.2) is 0 Å². The minimum atomic E-state index is 0.865. The Kier molecular flexibility index (Phi) is 3.75. The first-order chi connectivity index (χ1) is 8.18. The summed E-state index contributed by atoms with van der Waals surface area (Å²) < 4.78 is 0. The van der Waals surface area contributed by atoms with E-state index in [1.807, 2.05) is 18.2 Å². The van der Waals surface area contributed by atoms with Crippen molar-refractivity contribution >= 4 is 17.4 Å². The highest BCUT2D eigenvalue weighted by molar-refractivity contribution is 7.98. The minimum absolute atomic E-state index is 0.865. The Morgan fingerprint density at radius 3 is 2.24 bits per heavy atom. The van der Waals surface area contributed by atoms with Gasteiger partial charge in [0, 0.05) is 16.3 Å². The fourth-order valence-electron chi connectivity index (χ4n) is 1.84. The van der Waals surface area contributed by atoms with E-state index in [4.69, 9.17) is 5.73 Å². The molecule has 2 N–H and O–H groups in total. The van der Waals surface area contributed by atoms with Crippen molar-refractivity contribution in [3.05, 3.63) is 59.2 Å². The third kappa shape index (κ3) is 2.83. The Labute approximate surface area is 107 Å². The van der Waals surface area contributed by atoms with Crippen LogP contribution in [-0.2, 0) is 5.75 Å². The van der Waals surface area contributed by atoms with Gasteiger partial charge in [0.1, 0.15) is 0 Å². The van der Waals surface area contributed by atoms with E-state index in [0.29, 0.717) is 0 Å². The van der Waals surface area contributed by atoms with Gasteiger partial charge in [-0.25, -0.2) is 0 Å². The zero-order valence-electron chi connectivity index (χ0n) is 10.2. The van der Waals surface area contributed by atoms with Gasteiger partial charge in [-0.3, -0.25) is 0 Å². The summed E-state index contributed by atoms with van der Waals surface area (Å²) in [6.07, 6.45) is 0. The van der Waals surface area contributed by atoms with Crippen LogP contribution in [0.1, 0.15) is 16.7 Å². The maximum Gasteiger partial charge on any atom is 0.0452 e. The van der Waals surface area contributed by atoms with E-state index in [9.17, 15) is 0 Å². The average Bonchev–Trinajstić information content (AvgIpc) is 2.30. The van der Waals surface area contributed by atoms with Crippen LogP contribution in [0.3, 0.4) is 0 Å². The molecular weight excluding hydrogens is 226 g/mol. The molecule has 0 saturated carbocycles. The van der Waals surface area contributed by atoms with E-state index >= 15 is 0 Å². The molecule has 2 aromatic carbocycles. The number of hydrogen-bond donors (Lipinski definition) is 1. The van der Waals surface area contributed by atoms with Crippen LogP contribution in [0, 0.1) is 13.8 Å². The maximum absolute atomic E-state index is 5.94. The third-order valence-corrected chi connectivity index (χ3v) is 4.05. The summed E-state index contributed by atoms with van der Waals surface area (Å²) in [5, 5.41) is 0. The van der Waals surface area contributed by atoms with Gasteiger partial charge in [-0.1, -0.05) is 30.3 Å². The zero-order valence-corrected chi connectivity index (χ0v) is 11.1. The minimum Gasteiger partial charge on any atom is -0.398 e. The molecule has 0 aliphatic rings. The second-order valence-corrected chi connectivity index (χ2v) is 5.21. The average molecular weight is 243 g/mol. The van der Waals surface area contributed by atoms with E-state index in [1.54, 1.807) is 11.8 Å². The lowest BCUT2D eigenvalue weighted by Crippen LogP contribution is -1.92. The van der Waals surface area contributed by atoms with Crippen molar-refractivity contribution in [2.45, 2.75) is 24.5 Å². The van der Waals surface area contributed by atoms with E-state index in [1.165, 1.54) is 16.7 Å². The molecule has 0 fully saturated rings. The van der Waals surface area contributed by atoms with Crippen LogP contribution in [0.4, 0.5) is 5.69 Å². The number of rotatable bonds is 3. The van der Waals surface area contributed by atoms with E-state index in [-0.39, 0.29) is 0 Å². The number of hydrogen-bond acceptors (Lipinski definition) is 2. The molecule has 1 nitrogen and oxygen atoms in total. The molecule has 0 spiro atoms. The fraction of sp³-hybridized carbons (Fsp3) is 0.200. The first-order valence-corrected chi connectivity index (χ1v) is 6.69. The highest BCUT2D eigenvalue weighted by Gasteiger charge is 2.04. The number of nitrogens with two attached hydrogens (primary N) is 1. The van der Waals surface area contributed by atoms with E-state index in [0.717, 1.165) is 16.3 Å². The first kappa shape index (κ1) is 12.1. The van der Waals surface area contributed by atoms with Crippen LogP contribution in [0.2, 0.25) is 0 Å². The predicted octanol–water partition coefficient (Wildman–Crippen LogP) is 4.18. The normalized spacial score (nSPS) is 10.5. The van der Waals surface area contributed by atoms with Crippen molar-refractivity contribution < 1.29 is 0 Å². The van der Waals surface area contributed by atoms with Gasteiger partial charge in [0.25, 0.3) is 0 Å². The number of benzene rings is 2. The Hall–Kier alpha value is -1.41. The second-order valence-electron chi connectivity index (χ2n) is 4.20. The first-order valence-electron chi connectivity index (χ1n) is 5.71. The molecule has 0 saturated heterocycles. The summed E-state index contributed by atoms with van der Waals surface area (Å²) in [5.74, 6) is 0.979. The highest BCUT2D eigenvalue weighted by Crippen LogP contribution is 2.29. The monoisotopic (exact) mass is 243 g/mol. The molecule has 0 heterocycles. The Morgan fingerprint density at radius 2 is 1.59 bits per heavy atom. The molecule has 0 amide bonds. The standard InChI is InChI=1S/C15H17NS/c1-11-6-5-7-12(2)13(11)10-17-15-9-4-3-8-14(15)16/h3-9H,10,16H2,1-2H3. The maximum atomic E-state index is 5.94. The fourth-order valence-corrected chi connectivity index (χ4v) is 3.00. The lowest BCUT2D eigenvalue weighted by Gasteiger charge is -2.10. The molecule has 0 aromatic heterocycles. The molecule has 0 atom stereocenters. The summed E-state index contributed by atoms with van der Waals surface area (Å²) in [6.45, 7) is 4.33. The molecule has 0 aliphatic heterocycles. The van der Waals surface area contributed by atoms with Gasteiger partial charge in [-0.05, 0) is 42.7 Å².